The molecule has 0 radical (unpaired) electrons. The number of aromatic nitrogens is 2. The van der Waals surface area contributed by atoms with E-state index < -0.39 is 0 Å². The highest BCUT2D eigenvalue weighted by atomic mass is 79.9. The van der Waals surface area contributed by atoms with Crippen molar-refractivity contribution in [2.75, 3.05) is 4.34 Å². The van der Waals surface area contributed by atoms with Crippen LogP contribution in [0.15, 0.2) is 24.5 Å². The van der Waals surface area contributed by atoms with Crippen LogP contribution in [-0.2, 0) is 0 Å². The Bertz CT molecular complexity index is 448. The lowest BCUT2D eigenvalue weighted by molar-refractivity contribution is 0.617. The number of benzene rings is 1. The molecular formula is C10H12BrN3. The minimum Gasteiger partial charge on any atom is -0.328 e. The first-order valence-electron chi connectivity index (χ1n) is 4.56. The van der Waals surface area contributed by atoms with E-state index in [2.05, 4.69) is 50.0 Å². The average molecular weight is 254 g/mol. The quantitative estimate of drug-likeness (QED) is 0.833. The van der Waals surface area contributed by atoms with E-state index in [4.69, 9.17) is 0 Å². The zero-order valence-electron chi connectivity index (χ0n) is 8.16. The van der Waals surface area contributed by atoms with Gasteiger partial charge in [0.2, 0.25) is 0 Å². The molecule has 1 N–H and O–H groups in total. The molecule has 0 amide bonds. The number of rotatable bonds is 2. The standard InChI is InChI=1S/C10H12BrN3/c1-7(2)14-6-12-10-8(13-11)4-3-5-9(10)14/h3-7,13H,1-2H3. The second kappa shape index (κ2) is 3.61. The fourth-order valence-corrected chi connectivity index (χ4v) is 1.87. The molecule has 0 unspecified atom stereocenters. The Kier molecular flexibility index (Phi) is 2.46. The lowest BCUT2D eigenvalue weighted by Crippen LogP contribution is -1.97. The molecule has 2 aromatic rings. The Morgan fingerprint density at radius 1 is 1.43 bits per heavy atom. The maximum Gasteiger partial charge on any atom is 0.112 e. The van der Waals surface area contributed by atoms with Crippen molar-refractivity contribution in [2.45, 2.75) is 19.9 Å². The van der Waals surface area contributed by atoms with Crippen LogP contribution in [0.5, 0.6) is 0 Å². The summed E-state index contributed by atoms with van der Waals surface area (Å²) in [6, 6.07) is 6.53. The third-order valence-corrected chi connectivity index (χ3v) is 2.69. The number of nitrogens with zero attached hydrogens (tertiary/aromatic N) is 2. The van der Waals surface area contributed by atoms with Crippen molar-refractivity contribution in [3.8, 4) is 0 Å². The van der Waals surface area contributed by atoms with Gasteiger partial charge < -0.3 is 8.91 Å². The summed E-state index contributed by atoms with van der Waals surface area (Å²) in [5.74, 6) is 0. The lowest BCUT2D eigenvalue weighted by Gasteiger charge is -2.07. The summed E-state index contributed by atoms with van der Waals surface area (Å²) in [7, 11) is 0. The maximum absolute atomic E-state index is 4.38. The van der Waals surface area contributed by atoms with Crippen molar-refractivity contribution in [1.29, 1.82) is 0 Å². The van der Waals surface area contributed by atoms with E-state index in [1.165, 1.54) is 0 Å². The summed E-state index contributed by atoms with van der Waals surface area (Å²) in [5, 5.41) is 0. The Morgan fingerprint density at radius 3 is 2.86 bits per heavy atom. The van der Waals surface area contributed by atoms with E-state index in [1.54, 1.807) is 0 Å². The number of imidazole rings is 1. The fraction of sp³-hybridized carbons (Fsp3) is 0.300. The van der Waals surface area contributed by atoms with Crippen molar-refractivity contribution in [1.82, 2.24) is 9.55 Å². The molecule has 1 aromatic heterocycles. The van der Waals surface area contributed by atoms with Crippen LogP contribution in [-0.4, -0.2) is 9.55 Å². The largest absolute Gasteiger partial charge is 0.328 e. The van der Waals surface area contributed by atoms with E-state index in [9.17, 15) is 0 Å². The van der Waals surface area contributed by atoms with Gasteiger partial charge in [-0.15, -0.1) is 0 Å². The topological polar surface area (TPSA) is 29.9 Å². The van der Waals surface area contributed by atoms with Crippen molar-refractivity contribution in [2.24, 2.45) is 0 Å². The van der Waals surface area contributed by atoms with Crippen molar-refractivity contribution >= 4 is 32.9 Å². The highest BCUT2D eigenvalue weighted by molar-refractivity contribution is 9.10. The predicted molar refractivity (Wildman–Crippen MR) is 62.7 cm³/mol. The van der Waals surface area contributed by atoms with Gasteiger partial charge in [0, 0.05) is 22.2 Å². The monoisotopic (exact) mass is 253 g/mol. The van der Waals surface area contributed by atoms with Crippen molar-refractivity contribution < 1.29 is 0 Å². The second-order valence-electron chi connectivity index (χ2n) is 3.51. The molecule has 2 rings (SSSR count). The Balaban J connectivity index is 2.69. The molecule has 1 aromatic carbocycles. The Morgan fingerprint density at radius 2 is 2.21 bits per heavy atom. The zero-order chi connectivity index (χ0) is 10.1. The number of halogens is 1. The first-order valence-corrected chi connectivity index (χ1v) is 5.35. The molecule has 0 saturated heterocycles. The summed E-state index contributed by atoms with van der Waals surface area (Å²) in [6.45, 7) is 4.30. The number of para-hydroxylation sites is 1. The van der Waals surface area contributed by atoms with Crippen molar-refractivity contribution in [3.63, 3.8) is 0 Å². The van der Waals surface area contributed by atoms with E-state index >= 15 is 0 Å². The van der Waals surface area contributed by atoms with Gasteiger partial charge in [0.1, 0.15) is 5.52 Å². The summed E-state index contributed by atoms with van der Waals surface area (Å²) < 4.78 is 5.11. The molecule has 1 heterocycles. The van der Waals surface area contributed by atoms with Gasteiger partial charge in [-0.25, -0.2) is 4.98 Å². The van der Waals surface area contributed by atoms with Crippen molar-refractivity contribution in [3.05, 3.63) is 24.5 Å². The van der Waals surface area contributed by atoms with Crippen LogP contribution in [0, 0.1) is 0 Å². The molecule has 0 aliphatic rings. The van der Waals surface area contributed by atoms with Gasteiger partial charge >= 0.3 is 0 Å². The van der Waals surface area contributed by atoms with Gasteiger partial charge in [-0.05, 0) is 26.0 Å². The van der Waals surface area contributed by atoms with Crippen LogP contribution < -0.4 is 4.34 Å². The van der Waals surface area contributed by atoms with Crippen LogP contribution in [0.25, 0.3) is 11.0 Å². The summed E-state index contributed by atoms with van der Waals surface area (Å²) in [6.07, 6.45) is 1.88. The first kappa shape index (κ1) is 9.52. The highest BCUT2D eigenvalue weighted by Gasteiger charge is 2.07. The van der Waals surface area contributed by atoms with Gasteiger partial charge in [-0.3, -0.25) is 0 Å². The molecule has 4 heteroatoms. The van der Waals surface area contributed by atoms with Gasteiger partial charge in [0.15, 0.2) is 0 Å². The van der Waals surface area contributed by atoms with Gasteiger partial charge in [0.05, 0.1) is 17.5 Å². The van der Waals surface area contributed by atoms with E-state index in [-0.39, 0.29) is 0 Å². The number of anilines is 1. The summed E-state index contributed by atoms with van der Waals surface area (Å²) in [5.41, 5.74) is 3.16. The summed E-state index contributed by atoms with van der Waals surface area (Å²) in [4.78, 5) is 4.38. The maximum atomic E-state index is 4.38. The molecule has 14 heavy (non-hydrogen) atoms. The highest BCUT2D eigenvalue weighted by Crippen LogP contribution is 2.24. The average Bonchev–Trinajstić information content (AvgIpc) is 2.60. The molecule has 3 nitrogen and oxygen atoms in total. The van der Waals surface area contributed by atoms with Gasteiger partial charge in [-0.2, -0.15) is 0 Å². The molecule has 0 fully saturated rings. The fourth-order valence-electron chi connectivity index (χ4n) is 1.55. The normalized spacial score (nSPS) is 11.1. The minimum atomic E-state index is 0.436. The number of fused-ring (bicyclic) bond motifs is 1. The van der Waals surface area contributed by atoms with Crippen LogP contribution >= 0.6 is 16.1 Å². The molecular weight excluding hydrogens is 242 g/mol. The molecule has 0 saturated carbocycles. The second-order valence-corrected chi connectivity index (χ2v) is 3.91. The third kappa shape index (κ3) is 1.39. The first-order chi connectivity index (χ1) is 6.74. The van der Waals surface area contributed by atoms with E-state index in [0.29, 0.717) is 6.04 Å². The van der Waals surface area contributed by atoms with E-state index in [0.717, 1.165) is 16.7 Å². The van der Waals surface area contributed by atoms with Crippen LogP contribution in [0.3, 0.4) is 0 Å². The Labute approximate surface area is 91.5 Å². The minimum absolute atomic E-state index is 0.436. The molecule has 0 aliphatic heterocycles. The number of hydrogen-bond acceptors (Lipinski definition) is 2. The smallest absolute Gasteiger partial charge is 0.112 e. The predicted octanol–water partition coefficient (Wildman–Crippen LogP) is 3.34. The lowest BCUT2D eigenvalue weighted by atomic mass is 10.2. The summed E-state index contributed by atoms with van der Waals surface area (Å²) >= 11 is 3.23. The van der Waals surface area contributed by atoms with Crippen LogP contribution in [0.4, 0.5) is 5.69 Å². The molecule has 74 valence electrons. The molecule has 0 spiro atoms. The molecule has 0 bridgehead atoms. The third-order valence-electron chi connectivity index (χ3n) is 2.26. The number of hydrogen-bond donors (Lipinski definition) is 1. The van der Waals surface area contributed by atoms with Gasteiger partial charge in [0.25, 0.3) is 0 Å². The zero-order valence-corrected chi connectivity index (χ0v) is 9.75. The van der Waals surface area contributed by atoms with Gasteiger partial charge in [-0.1, -0.05) is 6.07 Å². The van der Waals surface area contributed by atoms with Crippen LogP contribution in [0.2, 0.25) is 0 Å². The Hall–Kier alpha value is -1.03. The van der Waals surface area contributed by atoms with E-state index in [1.807, 2.05) is 18.5 Å². The molecule has 0 atom stereocenters. The SMILES string of the molecule is CC(C)n1cnc2c(NBr)cccc21. The molecule has 0 aliphatic carbocycles. The van der Waals surface area contributed by atoms with Crippen LogP contribution in [0.1, 0.15) is 19.9 Å². The number of nitrogens with one attached hydrogen (secondary N) is 1.